The molecule has 0 aliphatic rings. The van der Waals surface area contributed by atoms with Crippen molar-refractivity contribution in [3.05, 3.63) is 78.3 Å². The number of pyridine rings is 2. The highest BCUT2D eigenvalue weighted by molar-refractivity contribution is 5.88. The van der Waals surface area contributed by atoms with Gasteiger partial charge in [-0.3, -0.25) is 0 Å². The van der Waals surface area contributed by atoms with Crippen LogP contribution in [-0.4, -0.2) is 27.6 Å². The fraction of sp³-hybridized carbons (Fsp3) is 0.174. The molecule has 1 atom stereocenters. The molecule has 4 aromatic rings. The van der Waals surface area contributed by atoms with Gasteiger partial charge >= 0.3 is 5.97 Å². The lowest BCUT2D eigenvalue weighted by atomic mass is 9.92. The molecule has 0 bridgehead atoms. The highest BCUT2D eigenvalue weighted by Crippen LogP contribution is 2.30. The van der Waals surface area contributed by atoms with Crippen molar-refractivity contribution in [2.24, 2.45) is 0 Å². The molecule has 140 valence electrons. The number of benzene rings is 1. The monoisotopic (exact) mass is 371 g/mol. The molecule has 1 aromatic carbocycles. The quantitative estimate of drug-likeness (QED) is 0.374. The number of fused-ring (bicyclic) bond motifs is 2. The van der Waals surface area contributed by atoms with Crippen LogP contribution in [0.3, 0.4) is 0 Å². The molecule has 0 saturated heterocycles. The predicted octanol–water partition coefficient (Wildman–Crippen LogP) is 4.77. The minimum Gasteiger partial charge on any atom is -0.466 e. The van der Waals surface area contributed by atoms with Gasteiger partial charge in [0.2, 0.25) is 0 Å². The normalized spacial score (nSPS) is 12.6. The second kappa shape index (κ2) is 7.64. The van der Waals surface area contributed by atoms with Crippen molar-refractivity contribution in [3.63, 3.8) is 0 Å². The van der Waals surface area contributed by atoms with E-state index in [9.17, 15) is 4.79 Å². The molecule has 5 heteroatoms. The van der Waals surface area contributed by atoms with Crippen molar-refractivity contribution in [3.8, 4) is 0 Å². The number of ether oxygens (including phenoxy) is 1. The topological polar surface area (TPSA) is 57.0 Å². The molecule has 0 spiro atoms. The fourth-order valence-corrected chi connectivity index (χ4v) is 3.52. The van der Waals surface area contributed by atoms with E-state index in [-0.39, 0.29) is 11.9 Å². The molecule has 0 aliphatic carbocycles. The van der Waals surface area contributed by atoms with Gasteiger partial charge in [0.25, 0.3) is 0 Å². The van der Waals surface area contributed by atoms with Crippen LogP contribution in [0.2, 0.25) is 0 Å². The lowest BCUT2D eigenvalue weighted by Gasteiger charge is -2.16. The van der Waals surface area contributed by atoms with Gasteiger partial charge in [-0.1, -0.05) is 13.0 Å². The average Bonchev–Trinajstić information content (AvgIpc) is 3.14. The van der Waals surface area contributed by atoms with E-state index < -0.39 is 0 Å². The summed E-state index contributed by atoms with van der Waals surface area (Å²) in [5, 5.41) is 2.16. The Morgan fingerprint density at radius 2 is 2.07 bits per heavy atom. The van der Waals surface area contributed by atoms with Crippen LogP contribution >= 0.6 is 0 Å². The number of carbonyl (C=O) groups is 1. The molecule has 1 unspecified atom stereocenters. The van der Waals surface area contributed by atoms with E-state index in [0.717, 1.165) is 34.1 Å². The SMILES string of the molecule is CCC(c1ccc2c(ccn2C=CC(=O)OC)c1)c1ccc2cccnc2n1. The maximum atomic E-state index is 11.3. The number of rotatable bonds is 5. The van der Waals surface area contributed by atoms with Crippen LogP contribution in [0.1, 0.15) is 30.5 Å². The second-order valence-electron chi connectivity index (χ2n) is 6.63. The number of hydrogen-bond acceptors (Lipinski definition) is 4. The Labute approximate surface area is 163 Å². The Morgan fingerprint density at radius 3 is 2.89 bits per heavy atom. The Balaban J connectivity index is 1.70. The van der Waals surface area contributed by atoms with Gasteiger partial charge in [-0.25, -0.2) is 14.8 Å². The highest BCUT2D eigenvalue weighted by Gasteiger charge is 2.15. The summed E-state index contributed by atoms with van der Waals surface area (Å²) in [7, 11) is 1.37. The Hall–Kier alpha value is -3.47. The largest absolute Gasteiger partial charge is 0.466 e. The van der Waals surface area contributed by atoms with E-state index in [4.69, 9.17) is 4.98 Å². The third-order valence-corrected chi connectivity index (χ3v) is 4.97. The number of hydrogen-bond donors (Lipinski definition) is 0. The number of carbonyl (C=O) groups excluding carboxylic acids is 1. The molecule has 0 fully saturated rings. The van der Waals surface area contributed by atoms with Crippen LogP contribution in [0.5, 0.6) is 0 Å². The molecule has 3 aromatic heterocycles. The van der Waals surface area contributed by atoms with Crippen molar-refractivity contribution in [2.75, 3.05) is 7.11 Å². The molecule has 0 radical (unpaired) electrons. The second-order valence-corrected chi connectivity index (χ2v) is 6.63. The van der Waals surface area contributed by atoms with Gasteiger partial charge in [0, 0.05) is 41.4 Å². The minimum absolute atomic E-state index is 0.199. The van der Waals surface area contributed by atoms with Gasteiger partial charge < -0.3 is 9.30 Å². The van der Waals surface area contributed by atoms with Crippen LogP contribution in [0.15, 0.2) is 67.0 Å². The zero-order chi connectivity index (χ0) is 19.5. The summed E-state index contributed by atoms with van der Waals surface area (Å²) in [6.45, 7) is 2.17. The van der Waals surface area contributed by atoms with Crippen molar-refractivity contribution in [1.82, 2.24) is 14.5 Å². The fourth-order valence-electron chi connectivity index (χ4n) is 3.52. The number of esters is 1. The summed E-state index contributed by atoms with van der Waals surface area (Å²) >= 11 is 0. The first-order valence-electron chi connectivity index (χ1n) is 9.28. The molecule has 0 N–H and O–H groups in total. The van der Waals surface area contributed by atoms with Crippen molar-refractivity contribution in [2.45, 2.75) is 19.3 Å². The Morgan fingerprint density at radius 1 is 1.18 bits per heavy atom. The van der Waals surface area contributed by atoms with Crippen LogP contribution in [-0.2, 0) is 9.53 Å². The zero-order valence-corrected chi connectivity index (χ0v) is 15.9. The molecule has 4 rings (SSSR count). The van der Waals surface area contributed by atoms with Gasteiger partial charge in [0.1, 0.15) is 0 Å². The molecule has 0 aliphatic heterocycles. The zero-order valence-electron chi connectivity index (χ0n) is 15.9. The molecular weight excluding hydrogens is 350 g/mol. The molecule has 28 heavy (non-hydrogen) atoms. The lowest BCUT2D eigenvalue weighted by molar-refractivity contribution is -0.134. The number of aromatic nitrogens is 3. The van der Waals surface area contributed by atoms with E-state index in [0.29, 0.717) is 0 Å². The van der Waals surface area contributed by atoms with E-state index >= 15 is 0 Å². The Kier molecular flexibility index (Phi) is 4.89. The van der Waals surface area contributed by atoms with E-state index in [1.165, 1.54) is 18.7 Å². The van der Waals surface area contributed by atoms with Crippen LogP contribution in [0.25, 0.3) is 28.1 Å². The summed E-state index contributed by atoms with van der Waals surface area (Å²) in [6, 6.07) is 16.6. The molecule has 5 nitrogen and oxygen atoms in total. The van der Waals surface area contributed by atoms with Crippen molar-refractivity contribution >= 4 is 34.1 Å². The average molecular weight is 371 g/mol. The smallest absolute Gasteiger partial charge is 0.331 e. The number of methoxy groups -OCH3 is 1. The summed E-state index contributed by atoms with van der Waals surface area (Å²) in [5.74, 6) is -0.176. The first-order chi connectivity index (χ1) is 13.7. The van der Waals surface area contributed by atoms with E-state index in [1.54, 1.807) is 12.4 Å². The number of nitrogens with zero attached hydrogens (tertiary/aromatic N) is 3. The first kappa shape index (κ1) is 17.9. The predicted molar refractivity (Wildman–Crippen MR) is 111 cm³/mol. The van der Waals surface area contributed by atoms with Gasteiger partial charge in [0.05, 0.1) is 18.3 Å². The van der Waals surface area contributed by atoms with Crippen LogP contribution in [0.4, 0.5) is 0 Å². The first-order valence-corrected chi connectivity index (χ1v) is 9.28. The molecule has 0 amide bonds. The Bertz CT molecular complexity index is 1180. The van der Waals surface area contributed by atoms with Gasteiger partial charge in [-0.05, 0) is 54.4 Å². The van der Waals surface area contributed by atoms with Gasteiger partial charge in [0.15, 0.2) is 5.65 Å². The summed E-state index contributed by atoms with van der Waals surface area (Å²) in [5.41, 5.74) is 4.05. The maximum absolute atomic E-state index is 11.3. The highest BCUT2D eigenvalue weighted by atomic mass is 16.5. The minimum atomic E-state index is -0.375. The van der Waals surface area contributed by atoms with Crippen molar-refractivity contribution < 1.29 is 9.53 Å². The van der Waals surface area contributed by atoms with E-state index in [1.807, 2.05) is 29.0 Å². The summed E-state index contributed by atoms with van der Waals surface area (Å²) < 4.78 is 6.57. The van der Waals surface area contributed by atoms with Crippen LogP contribution in [0, 0.1) is 0 Å². The standard InChI is InChI=1S/C23H21N3O2/c1-3-19(20-8-6-16-5-4-12-24-23(16)25-20)17-7-9-21-18(15-17)10-13-26(21)14-11-22(27)28-2/h4-15,19H,3H2,1-2H3. The lowest BCUT2D eigenvalue weighted by Crippen LogP contribution is -2.03. The van der Waals surface area contributed by atoms with Crippen LogP contribution < -0.4 is 0 Å². The maximum Gasteiger partial charge on any atom is 0.331 e. The molecule has 3 heterocycles. The molecule has 0 saturated carbocycles. The third-order valence-electron chi connectivity index (χ3n) is 4.97. The van der Waals surface area contributed by atoms with E-state index in [2.05, 4.69) is 47.0 Å². The van der Waals surface area contributed by atoms with Gasteiger partial charge in [-0.2, -0.15) is 0 Å². The van der Waals surface area contributed by atoms with Gasteiger partial charge in [-0.15, -0.1) is 0 Å². The third kappa shape index (κ3) is 3.39. The molecular formula is C23H21N3O2. The summed E-state index contributed by atoms with van der Waals surface area (Å²) in [6.07, 6.45) is 7.78. The summed E-state index contributed by atoms with van der Waals surface area (Å²) in [4.78, 5) is 20.5. The van der Waals surface area contributed by atoms with Crippen molar-refractivity contribution in [1.29, 1.82) is 0 Å².